The van der Waals surface area contributed by atoms with Crippen molar-refractivity contribution >= 4 is 17.5 Å². The van der Waals surface area contributed by atoms with E-state index in [9.17, 15) is 15.0 Å². The second kappa shape index (κ2) is 7.72. The number of phenolic OH excluding ortho intramolecular Hbond substituents is 2. The molecule has 4 atom stereocenters. The van der Waals surface area contributed by atoms with Gasteiger partial charge in [-0.1, -0.05) is 29.8 Å². The van der Waals surface area contributed by atoms with E-state index in [4.69, 9.17) is 11.6 Å². The lowest BCUT2D eigenvalue weighted by atomic mass is 9.51. The molecule has 2 bridgehead atoms. The molecule has 0 aromatic heterocycles. The number of carbonyl (C=O) groups excluding carboxylic acids is 1. The molecule has 3 N–H and O–H groups in total. The van der Waals surface area contributed by atoms with E-state index in [0.717, 1.165) is 49.8 Å². The molecule has 0 unspecified atom stereocenters. The number of nitrogens with one attached hydrogen (secondary N) is 1. The highest BCUT2D eigenvalue weighted by atomic mass is 35.5. The van der Waals surface area contributed by atoms with Gasteiger partial charge in [0.15, 0.2) is 11.5 Å². The van der Waals surface area contributed by atoms with Crippen LogP contribution in [0.25, 0.3) is 0 Å². The first kappa shape index (κ1) is 20.7. The zero-order valence-electron chi connectivity index (χ0n) is 17.8. The Morgan fingerprint density at radius 2 is 2.10 bits per heavy atom. The highest BCUT2D eigenvalue weighted by molar-refractivity contribution is 6.30. The number of benzene rings is 2. The predicted octanol–water partition coefficient (Wildman–Crippen LogP) is 3.78. The SMILES string of the molecule is CN(C(=O)Cc1cccc(Cl)c1)[C@H]1CC[C@H]2[C@H]3Cc4c(ccc(O)c4O)[C@@]2(CCN3)C1. The first-order valence-corrected chi connectivity index (χ1v) is 11.5. The van der Waals surface area contributed by atoms with E-state index < -0.39 is 0 Å². The number of nitrogens with zero attached hydrogens (tertiary/aromatic N) is 1. The average Bonchev–Trinajstić information content (AvgIpc) is 2.75. The van der Waals surface area contributed by atoms with Crippen LogP contribution in [-0.4, -0.2) is 46.7 Å². The van der Waals surface area contributed by atoms with Crippen molar-refractivity contribution in [1.82, 2.24) is 10.2 Å². The fraction of sp³-hybridized carbons (Fsp3) is 0.480. The normalized spacial score (nSPS) is 29.0. The van der Waals surface area contributed by atoms with Crippen LogP contribution in [0.2, 0.25) is 5.02 Å². The Hall–Kier alpha value is -2.24. The number of hydrogen-bond acceptors (Lipinski definition) is 4. The van der Waals surface area contributed by atoms with Crippen LogP contribution in [0.5, 0.6) is 11.5 Å². The number of amides is 1. The van der Waals surface area contributed by atoms with Crippen LogP contribution < -0.4 is 5.32 Å². The average molecular weight is 441 g/mol. The first-order valence-electron chi connectivity index (χ1n) is 11.2. The van der Waals surface area contributed by atoms with Gasteiger partial charge < -0.3 is 20.4 Å². The molecule has 2 fully saturated rings. The van der Waals surface area contributed by atoms with Gasteiger partial charge in [-0.15, -0.1) is 0 Å². The Morgan fingerprint density at radius 1 is 1.26 bits per heavy atom. The molecule has 2 aliphatic carbocycles. The van der Waals surface area contributed by atoms with Gasteiger partial charge in [0.2, 0.25) is 5.91 Å². The summed E-state index contributed by atoms with van der Waals surface area (Å²) in [6.45, 7) is 0.940. The number of fused-ring (bicyclic) bond motifs is 1. The molecule has 0 spiro atoms. The number of aromatic hydroxyl groups is 2. The van der Waals surface area contributed by atoms with Crippen LogP contribution in [0.1, 0.15) is 42.4 Å². The molecule has 1 heterocycles. The van der Waals surface area contributed by atoms with Crippen molar-refractivity contribution in [3.63, 3.8) is 0 Å². The zero-order chi connectivity index (χ0) is 21.8. The van der Waals surface area contributed by atoms with Crippen LogP contribution in [0.3, 0.4) is 0 Å². The topological polar surface area (TPSA) is 72.8 Å². The molecule has 31 heavy (non-hydrogen) atoms. The summed E-state index contributed by atoms with van der Waals surface area (Å²) >= 11 is 6.09. The molecular weight excluding hydrogens is 412 g/mol. The Kier molecular flexibility index (Phi) is 5.14. The Balaban J connectivity index is 1.43. The van der Waals surface area contributed by atoms with Crippen molar-refractivity contribution in [3.8, 4) is 11.5 Å². The Bertz CT molecular complexity index is 1030. The summed E-state index contributed by atoms with van der Waals surface area (Å²) in [4.78, 5) is 15.0. The van der Waals surface area contributed by atoms with Crippen LogP contribution in [0.4, 0.5) is 0 Å². The van der Waals surface area contributed by atoms with E-state index in [1.54, 1.807) is 6.07 Å². The Morgan fingerprint density at radius 3 is 2.90 bits per heavy atom. The van der Waals surface area contributed by atoms with Crippen molar-refractivity contribution in [2.75, 3.05) is 13.6 Å². The van der Waals surface area contributed by atoms with E-state index in [1.165, 1.54) is 5.56 Å². The summed E-state index contributed by atoms with van der Waals surface area (Å²) < 4.78 is 0. The molecule has 164 valence electrons. The second-order valence-corrected chi connectivity index (χ2v) is 9.92. The van der Waals surface area contributed by atoms with Crippen molar-refractivity contribution in [3.05, 3.63) is 58.1 Å². The summed E-state index contributed by atoms with van der Waals surface area (Å²) in [5.41, 5.74) is 2.91. The van der Waals surface area contributed by atoms with Crippen LogP contribution >= 0.6 is 11.6 Å². The number of phenols is 2. The number of rotatable bonds is 3. The molecule has 0 radical (unpaired) electrons. The van der Waals surface area contributed by atoms with E-state index in [0.29, 0.717) is 23.4 Å². The highest BCUT2D eigenvalue weighted by Crippen LogP contribution is 2.56. The third-order valence-corrected chi connectivity index (χ3v) is 8.23. The fourth-order valence-corrected chi connectivity index (χ4v) is 6.69. The number of piperidine rings is 1. The fourth-order valence-electron chi connectivity index (χ4n) is 6.47. The van der Waals surface area contributed by atoms with Gasteiger partial charge in [0.05, 0.1) is 6.42 Å². The molecule has 5 nitrogen and oxygen atoms in total. The lowest BCUT2D eigenvalue weighted by Gasteiger charge is -2.58. The summed E-state index contributed by atoms with van der Waals surface area (Å²) in [5.74, 6) is 0.576. The van der Waals surface area contributed by atoms with Gasteiger partial charge in [0.25, 0.3) is 0 Å². The summed E-state index contributed by atoms with van der Waals surface area (Å²) in [6, 6.07) is 11.6. The molecule has 3 aliphatic rings. The second-order valence-electron chi connectivity index (χ2n) is 9.48. The van der Waals surface area contributed by atoms with Gasteiger partial charge >= 0.3 is 0 Å². The maximum Gasteiger partial charge on any atom is 0.226 e. The summed E-state index contributed by atoms with van der Waals surface area (Å²) in [5, 5.41) is 25.0. The monoisotopic (exact) mass is 440 g/mol. The molecule has 1 amide bonds. The maximum atomic E-state index is 13.1. The third-order valence-electron chi connectivity index (χ3n) is 7.99. The lowest BCUT2D eigenvalue weighted by Crippen LogP contribution is -2.62. The van der Waals surface area contributed by atoms with Crippen LogP contribution in [0.15, 0.2) is 36.4 Å². The van der Waals surface area contributed by atoms with E-state index >= 15 is 0 Å². The molecule has 5 rings (SSSR count). The van der Waals surface area contributed by atoms with Crippen molar-refractivity contribution in [2.24, 2.45) is 5.92 Å². The third kappa shape index (κ3) is 3.39. The number of likely N-dealkylation sites (N-methyl/N-ethyl adjacent to an activating group) is 1. The molecule has 1 saturated carbocycles. The minimum atomic E-state index is -0.0673. The van der Waals surface area contributed by atoms with Gasteiger partial charge in [-0.3, -0.25) is 4.79 Å². The minimum Gasteiger partial charge on any atom is -0.504 e. The largest absolute Gasteiger partial charge is 0.504 e. The van der Waals surface area contributed by atoms with Gasteiger partial charge in [0, 0.05) is 35.1 Å². The number of carbonyl (C=O) groups is 1. The highest BCUT2D eigenvalue weighted by Gasteiger charge is 2.54. The molecule has 1 saturated heterocycles. The predicted molar refractivity (Wildman–Crippen MR) is 121 cm³/mol. The van der Waals surface area contributed by atoms with Crippen molar-refractivity contribution < 1.29 is 15.0 Å². The number of halogens is 1. The first-order chi connectivity index (χ1) is 14.9. The summed E-state index contributed by atoms with van der Waals surface area (Å²) in [7, 11) is 1.92. The molecule has 2 aromatic rings. The standard InChI is InChI=1S/C25H29ClN2O3/c1-28(23(30)12-15-3-2-4-16(26)11-15)17-5-6-20-21-13-18-19(7-8-22(29)24(18)31)25(20,14-17)9-10-27-21/h2-4,7-8,11,17,20-21,27,29,31H,5-6,9-10,12-14H2,1H3/t17-,20-,21+,25+/m0/s1. The quantitative estimate of drug-likeness (QED) is 0.635. The molecular formula is C25H29ClN2O3. The summed E-state index contributed by atoms with van der Waals surface area (Å²) in [6.07, 6.45) is 5.01. The van der Waals surface area contributed by atoms with E-state index in [-0.39, 0.29) is 28.9 Å². The Labute approximate surface area is 188 Å². The van der Waals surface area contributed by atoms with Gasteiger partial charge in [0.1, 0.15) is 0 Å². The minimum absolute atomic E-state index is 0.0246. The van der Waals surface area contributed by atoms with Gasteiger partial charge in [-0.25, -0.2) is 0 Å². The lowest BCUT2D eigenvalue weighted by molar-refractivity contribution is -0.133. The number of hydrogen-bond donors (Lipinski definition) is 3. The molecule has 2 aromatic carbocycles. The molecule has 6 heteroatoms. The van der Waals surface area contributed by atoms with Gasteiger partial charge in [-0.2, -0.15) is 0 Å². The van der Waals surface area contributed by atoms with Crippen molar-refractivity contribution in [1.29, 1.82) is 0 Å². The van der Waals surface area contributed by atoms with Crippen molar-refractivity contribution in [2.45, 2.75) is 56.0 Å². The van der Waals surface area contributed by atoms with Gasteiger partial charge in [-0.05, 0) is 73.9 Å². The smallest absolute Gasteiger partial charge is 0.226 e. The van der Waals surface area contributed by atoms with E-state index in [2.05, 4.69) is 5.32 Å². The maximum absolute atomic E-state index is 13.1. The molecule has 1 aliphatic heterocycles. The van der Waals surface area contributed by atoms with E-state index in [1.807, 2.05) is 42.3 Å². The zero-order valence-corrected chi connectivity index (χ0v) is 18.5. The van der Waals surface area contributed by atoms with Crippen LogP contribution in [0, 0.1) is 5.92 Å². The van der Waals surface area contributed by atoms with Crippen LogP contribution in [-0.2, 0) is 23.1 Å².